The van der Waals surface area contributed by atoms with Gasteiger partial charge in [-0.05, 0) is 31.5 Å². The van der Waals surface area contributed by atoms with Crippen molar-refractivity contribution in [3.8, 4) is 5.75 Å². The van der Waals surface area contributed by atoms with Crippen LogP contribution in [0.15, 0.2) is 24.3 Å². The fourth-order valence-corrected chi connectivity index (χ4v) is 1.43. The summed E-state index contributed by atoms with van der Waals surface area (Å²) < 4.78 is 10.8. The molecule has 0 aliphatic rings. The molecule has 0 fully saturated rings. The van der Waals surface area contributed by atoms with Crippen LogP contribution in [0.5, 0.6) is 5.75 Å². The lowest BCUT2D eigenvalue weighted by molar-refractivity contribution is 0.0188. The Balaban J connectivity index is 2.77. The van der Waals surface area contributed by atoms with Gasteiger partial charge in [0, 0.05) is 6.61 Å². The Hall–Kier alpha value is -1.06. The molecule has 0 radical (unpaired) electrons. The van der Waals surface area contributed by atoms with Crippen molar-refractivity contribution in [1.82, 2.24) is 0 Å². The number of benzene rings is 1. The van der Waals surface area contributed by atoms with Crippen molar-refractivity contribution in [2.75, 3.05) is 19.8 Å². The maximum atomic E-state index is 9.17. The van der Waals surface area contributed by atoms with E-state index in [2.05, 4.69) is 0 Å². The second-order valence-electron chi connectivity index (χ2n) is 3.13. The lowest BCUT2D eigenvalue weighted by Crippen LogP contribution is -2.08. The van der Waals surface area contributed by atoms with Crippen LogP contribution in [0.1, 0.15) is 25.5 Å². The minimum absolute atomic E-state index is 0.0105. The lowest BCUT2D eigenvalue weighted by Gasteiger charge is -2.15. The first-order valence-corrected chi connectivity index (χ1v) is 5.27. The fraction of sp³-hybridized carbons (Fsp3) is 0.500. The van der Waals surface area contributed by atoms with Gasteiger partial charge in [-0.25, -0.2) is 0 Å². The Morgan fingerprint density at radius 1 is 1.27 bits per heavy atom. The summed E-state index contributed by atoms with van der Waals surface area (Å²) >= 11 is 0. The zero-order valence-corrected chi connectivity index (χ0v) is 9.27. The van der Waals surface area contributed by atoms with Crippen LogP contribution in [0.4, 0.5) is 0 Å². The number of hydrogen-bond acceptors (Lipinski definition) is 3. The smallest absolute Gasteiger partial charge is 0.119 e. The van der Waals surface area contributed by atoms with Crippen LogP contribution in [0.3, 0.4) is 0 Å². The molecule has 15 heavy (non-hydrogen) atoms. The molecule has 0 aromatic heterocycles. The number of ether oxygens (including phenoxy) is 2. The van der Waals surface area contributed by atoms with Crippen molar-refractivity contribution in [2.24, 2.45) is 0 Å². The SMILES string of the molecule is CCOc1cccc(C(CO)OCC)c1. The third-order valence-electron chi connectivity index (χ3n) is 2.07. The van der Waals surface area contributed by atoms with Crippen molar-refractivity contribution < 1.29 is 14.6 Å². The molecule has 0 heterocycles. The lowest BCUT2D eigenvalue weighted by atomic mass is 10.1. The normalized spacial score (nSPS) is 12.5. The Bertz CT molecular complexity index is 286. The van der Waals surface area contributed by atoms with Crippen molar-refractivity contribution in [3.63, 3.8) is 0 Å². The van der Waals surface area contributed by atoms with Gasteiger partial charge in [-0.2, -0.15) is 0 Å². The molecule has 3 nitrogen and oxygen atoms in total. The zero-order chi connectivity index (χ0) is 11.1. The van der Waals surface area contributed by atoms with E-state index in [1.807, 2.05) is 38.1 Å². The molecule has 1 rings (SSSR count). The summed E-state index contributed by atoms with van der Waals surface area (Å²) in [6.45, 7) is 5.07. The van der Waals surface area contributed by atoms with Gasteiger partial charge in [-0.15, -0.1) is 0 Å². The molecule has 3 heteroatoms. The van der Waals surface area contributed by atoms with E-state index in [0.717, 1.165) is 11.3 Å². The van der Waals surface area contributed by atoms with E-state index in [-0.39, 0.29) is 12.7 Å². The highest BCUT2D eigenvalue weighted by atomic mass is 16.5. The molecule has 1 aromatic rings. The van der Waals surface area contributed by atoms with Gasteiger partial charge >= 0.3 is 0 Å². The van der Waals surface area contributed by atoms with Crippen LogP contribution in [-0.2, 0) is 4.74 Å². The van der Waals surface area contributed by atoms with E-state index in [1.54, 1.807) is 0 Å². The summed E-state index contributed by atoms with van der Waals surface area (Å²) in [5.74, 6) is 0.813. The topological polar surface area (TPSA) is 38.7 Å². The van der Waals surface area contributed by atoms with Crippen molar-refractivity contribution in [1.29, 1.82) is 0 Å². The molecule has 1 aromatic carbocycles. The Labute approximate surface area is 90.6 Å². The van der Waals surface area contributed by atoms with E-state index in [0.29, 0.717) is 13.2 Å². The average molecular weight is 210 g/mol. The second-order valence-corrected chi connectivity index (χ2v) is 3.13. The van der Waals surface area contributed by atoms with E-state index in [9.17, 15) is 0 Å². The largest absolute Gasteiger partial charge is 0.494 e. The number of aliphatic hydroxyl groups is 1. The van der Waals surface area contributed by atoms with Crippen LogP contribution in [-0.4, -0.2) is 24.9 Å². The first kappa shape index (κ1) is 12.0. The Morgan fingerprint density at radius 2 is 2.07 bits per heavy atom. The zero-order valence-electron chi connectivity index (χ0n) is 9.27. The summed E-state index contributed by atoms with van der Waals surface area (Å²) in [7, 11) is 0. The molecule has 1 unspecified atom stereocenters. The van der Waals surface area contributed by atoms with Crippen molar-refractivity contribution in [2.45, 2.75) is 20.0 Å². The summed E-state index contributed by atoms with van der Waals surface area (Å²) in [5.41, 5.74) is 0.949. The van der Waals surface area contributed by atoms with Gasteiger partial charge in [0.25, 0.3) is 0 Å². The molecular weight excluding hydrogens is 192 g/mol. The van der Waals surface area contributed by atoms with Crippen LogP contribution in [0.25, 0.3) is 0 Å². The highest BCUT2D eigenvalue weighted by Gasteiger charge is 2.10. The molecule has 0 spiro atoms. The molecular formula is C12H18O3. The van der Waals surface area contributed by atoms with Crippen LogP contribution >= 0.6 is 0 Å². The first-order chi connectivity index (χ1) is 7.31. The van der Waals surface area contributed by atoms with Crippen LogP contribution in [0.2, 0.25) is 0 Å². The van der Waals surface area contributed by atoms with Crippen molar-refractivity contribution >= 4 is 0 Å². The standard InChI is InChI=1S/C12H18O3/c1-3-14-11-7-5-6-10(8-11)12(9-13)15-4-2/h5-8,12-13H,3-4,9H2,1-2H3. The quantitative estimate of drug-likeness (QED) is 0.782. The van der Waals surface area contributed by atoms with Gasteiger partial charge < -0.3 is 14.6 Å². The van der Waals surface area contributed by atoms with Gasteiger partial charge in [0.2, 0.25) is 0 Å². The molecule has 0 aliphatic carbocycles. The predicted molar refractivity (Wildman–Crippen MR) is 59.1 cm³/mol. The maximum Gasteiger partial charge on any atom is 0.119 e. The summed E-state index contributed by atoms with van der Waals surface area (Å²) in [5, 5.41) is 9.17. The van der Waals surface area contributed by atoms with Gasteiger partial charge in [0.1, 0.15) is 11.9 Å². The summed E-state index contributed by atoms with van der Waals surface area (Å²) in [6.07, 6.45) is -0.254. The highest BCUT2D eigenvalue weighted by Crippen LogP contribution is 2.21. The van der Waals surface area contributed by atoms with Gasteiger partial charge in [-0.1, -0.05) is 12.1 Å². The molecule has 0 bridgehead atoms. The molecule has 0 saturated heterocycles. The predicted octanol–water partition coefficient (Wildman–Crippen LogP) is 2.16. The third-order valence-corrected chi connectivity index (χ3v) is 2.07. The first-order valence-electron chi connectivity index (χ1n) is 5.27. The molecule has 0 amide bonds. The van der Waals surface area contributed by atoms with Crippen LogP contribution < -0.4 is 4.74 Å². The molecule has 0 aliphatic heterocycles. The fourth-order valence-electron chi connectivity index (χ4n) is 1.43. The summed E-state index contributed by atoms with van der Waals surface area (Å²) in [4.78, 5) is 0. The molecule has 0 saturated carbocycles. The van der Waals surface area contributed by atoms with E-state index < -0.39 is 0 Å². The number of aliphatic hydroxyl groups excluding tert-OH is 1. The number of rotatable bonds is 6. The molecule has 1 atom stereocenters. The minimum Gasteiger partial charge on any atom is -0.494 e. The van der Waals surface area contributed by atoms with Gasteiger partial charge in [0.05, 0.1) is 13.2 Å². The molecule has 1 N–H and O–H groups in total. The Morgan fingerprint density at radius 3 is 2.67 bits per heavy atom. The van der Waals surface area contributed by atoms with E-state index >= 15 is 0 Å². The van der Waals surface area contributed by atoms with Gasteiger partial charge in [-0.3, -0.25) is 0 Å². The third kappa shape index (κ3) is 3.53. The van der Waals surface area contributed by atoms with Crippen LogP contribution in [0, 0.1) is 0 Å². The monoisotopic (exact) mass is 210 g/mol. The highest BCUT2D eigenvalue weighted by molar-refractivity contribution is 5.30. The summed E-state index contributed by atoms with van der Waals surface area (Å²) in [6, 6.07) is 7.63. The minimum atomic E-state index is -0.254. The molecule has 84 valence electrons. The Kier molecular flexibility index (Phi) is 5.15. The van der Waals surface area contributed by atoms with Gasteiger partial charge in [0.15, 0.2) is 0 Å². The number of hydrogen-bond donors (Lipinski definition) is 1. The second kappa shape index (κ2) is 6.43. The van der Waals surface area contributed by atoms with Crippen molar-refractivity contribution in [3.05, 3.63) is 29.8 Å². The maximum absolute atomic E-state index is 9.17. The van der Waals surface area contributed by atoms with E-state index in [1.165, 1.54) is 0 Å². The average Bonchev–Trinajstić information content (AvgIpc) is 2.27. The van der Waals surface area contributed by atoms with E-state index in [4.69, 9.17) is 14.6 Å².